The molecule has 1 saturated carbocycles. The number of anilines is 2. The average molecular weight is 1060 g/mol. The second kappa shape index (κ2) is 21.0. The summed E-state index contributed by atoms with van der Waals surface area (Å²) in [5.41, 5.74) is 12.3. The Labute approximate surface area is 462 Å². The lowest BCUT2D eigenvalue weighted by molar-refractivity contribution is -0.137. The fraction of sp³-hybridized carbons (Fsp3) is 0.310. The standard InChI is InChI=1S/C71H68F4N2O2/c1-5-6-8-11-46-12-14-47(15-13-46)48-16-18-49(19-17-48)50-20-22-52(23-21-50)68(78)76-57-33-24-51(25-34-57)61-44-63-64(42-45(61)2)69(3,4)66-60-38-39-70(53-26-31-56(72)32-27-53,54-28-35-58(36-29-54)77-40-9-7-10-41-77)79-67(60)62-43-55(71(73,74)75)30-37-59(62)65(63)66/h16-39,42-44,46-47H,5-15,40-41H2,1-4H3,(H,76,78). The molecule has 2 aliphatic carbocycles. The number of benzene rings is 8. The number of rotatable bonds is 12. The van der Waals surface area contributed by atoms with Gasteiger partial charge in [0.05, 0.1) is 5.56 Å². The number of hydrogen-bond acceptors (Lipinski definition) is 3. The lowest BCUT2D eigenvalue weighted by Crippen LogP contribution is -2.35. The first-order chi connectivity index (χ1) is 38.2. The molecule has 79 heavy (non-hydrogen) atoms. The lowest BCUT2D eigenvalue weighted by Gasteiger charge is -2.39. The van der Waals surface area contributed by atoms with Gasteiger partial charge in [-0.1, -0.05) is 137 Å². The molecule has 4 aliphatic rings. The Morgan fingerprint density at radius 2 is 1.34 bits per heavy atom. The summed E-state index contributed by atoms with van der Waals surface area (Å²) in [5.74, 6) is 1.28. The first-order valence-corrected chi connectivity index (χ1v) is 28.7. The van der Waals surface area contributed by atoms with Gasteiger partial charge in [-0.2, -0.15) is 13.2 Å². The van der Waals surface area contributed by atoms with Crippen LogP contribution in [-0.4, -0.2) is 19.0 Å². The first kappa shape index (κ1) is 52.3. The lowest BCUT2D eigenvalue weighted by atomic mass is 9.76. The summed E-state index contributed by atoms with van der Waals surface area (Å²) in [5, 5.41) is 4.09. The van der Waals surface area contributed by atoms with Crippen molar-refractivity contribution in [3.05, 3.63) is 214 Å². The van der Waals surface area contributed by atoms with Crippen LogP contribution in [0.3, 0.4) is 0 Å². The van der Waals surface area contributed by atoms with Gasteiger partial charge in [0.1, 0.15) is 11.6 Å². The number of carbonyl (C=O) groups is 1. The number of unbranched alkanes of at least 4 members (excludes halogenated alkanes) is 2. The van der Waals surface area contributed by atoms with Crippen molar-refractivity contribution in [2.75, 3.05) is 23.3 Å². The van der Waals surface area contributed by atoms with Crippen LogP contribution in [-0.2, 0) is 17.2 Å². The SMILES string of the molecule is CCCCCC1CCC(c2ccc(-c3ccc(C(=O)Nc4ccc(-c5cc6c(cc5C)C(C)(C)c5c7c(c8cc(C(F)(F)F)ccc8c5-6)OC(c5ccc(F)cc5)(c5ccc(N6CCCCC6)cc5)C=C7)cc4)cc3)cc2)CC1. The third-order valence-electron chi connectivity index (χ3n) is 18.0. The Bertz CT molecular complexity index is 3590. The van der Waals surface area contributed by atoms with E-state index in [1.54, 1.807) is 18.2 Å². The Kier molecular flexibility index (Phi) is 13.9. The van der Waals surface area contributed by atoms with Gasteiger partial charge >= 0.3 is 6.18 Å². The number of piperidine rings is 1. The van der Waals surface area contributed by atoms with Crippen LogP contribution in [0, 0.1) is 18.7 Å². The van der Waals surface area contributed by atoms with Crippen molar-refractivity contribution < 1.29 is 27.1 Å². The van der Waals surface area contributed by atoms with E-state index in [0.717, 1.165) is 93.2 Å². The quantitative estimate of drug-likeness (QED) is 0.0979. The molecular formula is C71H68F4N2O2. The van der Waals surface area contributed by atoms with Crippen LogP contribution in [0.15, 0.2) is 158 Å². The van der Waals surface area contributed by atoms with E-state index in [-0.39, 0.29) is 5.91 Å². The number of amides is 1. The highest BCUT2D eigenvalue weighted by molar-refractivity contribution is 6.09. The number of alkyl halides is 3. The van der Waals surface area contributed by atoms with E-state index in [4.69, 9.17) is 4.74 Å². The van der Waals surface area contributed by atoms with Crippen LogP contribution < -0.4 is 15.0 Å². The molecule has 2 heterocycles. The molecule has 1 amide bonds. The van der Waals surface area contributed by atoms with Crippen LogP contribution in [0.25, 0.3) is 50.2 Å². The summed E-state index contributed by atoms with van der Waals surface area (Å²) in [6, 6.07) is 47.4. The van der Waals surface area contributed by atoms with E-state index in [1.807, 2.05) is 72.8 Å². The van der Waals surface area contributed by atoms with E-state index in [1.165, 1.54) is 87.6 Å². The topological polar surface area (TPSA) is 41.6 Å². The largest absolute Gasteiger partial charge is 0.472 e. The maximum absolute atomic E-state index is 14.8. The van der Waals surface area contributed by atoms with Crippen molar-refractivity contribution in [3.8, 4) is 39.1 Å². The number of fused-ring (bicyclic) bond motifs is 8. The molecule has 2 aliphatic heterocycles. The highest BCUT2D eigenvalue weighted by Crippen LogP contribution is 2.59. The minimum atomic E-state index is -4.61. The molecule has 4 nitrogen and oxygen atoms in total. The molecule has 0 radical (unpaired) electrons. The number of nitrogens with one attached hydrogen (secondary N) is 1. The monoisotopic (exact) mass is 1060 g/mol. The van der Waals surface area contributed by atoms with Crippen molar-refractivity contribution in [1.29, 1.82) is 0 Å². The zero-order valence-corrected chi connectivity index (χ0v) is 45.7. The summed E-state index contributed by atoms with van der Waals surface area (Å²) >= 11 is 0. The van der Waals surface area contributed by atoms with Gasteiger partial charge in [0, 0.05) is 57.5 Å². The minimum absolute atomic E-state index is 0.199. The Morgan fingerprint density at radius 1 is 0.696 bits per heavy atom. The molecule has 0 bridgehead atoms. The van der Waals surface area contributed by atoms with Gasteiger partial charge in [-0.15, -0.1) is 0 Å². The van der Waals surface area contributed by atoms with Crippen molar-refractivity contribution in [1.82, 2.24) is 0 Å². The molecule has 1 atom stereocenters. The fourth-order valence-electron chi connectivity index (χ4n) is 13.5. The summed E-state index contributed by atoms with van der Waals surface area (Å²) in [4.78, 5) is 16.0. The number of ether oxygens (including phenoxy) is 1. The van der Waals surface area contributed by atoms with E-state index in [9.17, 15) is 22.4 Å². The summed E-state index contributed by atoms with van der Waals surface area (Å²) in [6.45, 7) is 10.7. The normalized spacial score (nSPS) is 19.4. The first-order valence-electron chi connectivity index (χ1n) is 28.7. The molecule has 1 unspecified atom stereocenters. The number of carbonyl (C=O) groups excluding carboxylic acids is 1. The van der Waals surface area contributed by atoms with Crippen molar-refractivity contribution in [2.24, 2.45) is 5.92 Å². The number of aryl methyl sites for hydroxylation is 1. The van der Waals surface area contributed by atoms with Crippen LogP contribution in [0.4, 0.5) is 28.9 Å². The summed E-state index contributed by atoms with van der Waals surface area (Å²) in [7, 11) is 0. The summed E-state index contributed by atoms with van der Waals surface area (Å²) < 4.78 is 66.4. The van der Waals surface area contributed by atoms with Gasteiger partial charge in [-0.05, 0) is 198 Å². The molecule has 402 valence electrons. The fourth-order valence-corrected chi connectivity index (χ4v) is 13.5. The molecular weight excluding hydrogens is 989 g/mol. The van der Waals surface area contributed by atoms with E-state index < -0.39 is 28.6 Å². The van der Waals surface area contributed by atoms with E-state index >= 15 is 0 Å². The number of halogens is 4. The van der Waals surface area contributed by atoms with Gasteiger partial charge in [0.2, 0.25) is 0 Å². The molecule has 0 aromatic heterocycles. The molecule has 0 spiro atoms. The average Bonchev–Trinajstić information content (AvgIpc) is 3.69. The van der Waals surface area contributed by atoms with Crippen LogP contribution >= 0.6 is 0 Å². The van der Waals surface area contributed by atoms with Crippen molar-refractivity contribution in [2.45, 2.75) is 121 Å². The second-order valence-electron chi connectivity index (χ2n) is 23.3. The zero-order valence-electron chi connectivity index (χ0n) is 45.7. The highest BCUT2D eigenvalue weighted by atomic mass is 19.4. The van der Waals surface area contributed by atoms with Gasteiger partial charge in [-0.25, -0.2) is 4.39 Å². The van der Waals surface area contributed by atoms with Crippen molar-refractivity contribution in [3.63, 3.8) is 0 Å². The Hall–Kier alpha value is -7.45. The molecule has 8 heteroatoms. The highest BCUT2D eigenvalue weighted by Gasteiger charge is 2.45. The zero-order chi connectivity index (χ0) is 54.6. The predicted molar refractivity (Wildman–Crippen MR) is 315 cm³/mol. The molecule has 8 aromatic rings. The van der Waals surface area contributed by atoms with Crippen LogP contribution in [0.1, 0.15) is 152 Å². The third kappa shape index (κ3) is 9.84. The minimum Gasteiger partial charge on any atom is -0.472 e. The Balaban J connectivity index is 0.828. The smallest absolute Gasteiger partial charge is 0.416 e. The maximum Gasteiger partial charge on any atom is 0.416 e. The van der Waals surface area contributed by atoms with Gasteiger partial charge in [-0.3, -0.25) is 4.79 Å². The van der Waals surface area contributed by atoms with Gasteiger partial charge in [0.25, 0.3) is 5.91 Å². The molecule has 2 fully saturated rings. The van der Waals surface area contributed by atoms with E-state index in [2.05, 4.69) is 86.4 Å². The third-order valence-corrected chi connectivity index (χ3v) is 18.0. The van der Waals surface area contributed by atoms with Crippen LogP contribution in [0.2, 0.25) is 0 Å². The Morgan fingerprint density at radius 3 is 2.00 bits per heavy atom. The molecule has 12 rings (SSSR count). The molecule has 8 aromatic carbocycles. The van der Waals surface area contributed by atoms with Crippen molar-refractivity contribution >= 4 is 34.1 Å². The van der Waals surface area contributed by atoms with Crippen LogP contribution in [0.5, 0.6) is 5.75 Å². The molecule has 1 saturated heterocycles. The predicted octanol–water partition coefficient (Wildman–Crippen LogP) is 19.4. The van der Waals surface area contributed by atoms with Gasteiger partial charge in [0.15, 0.2) is 5.60 Å². The van der Waals surface area contributed by atoms with Gasteiger partial charge < -0.3 is 15.0 Å². The number of nitrogens with zero attached hydrogens (tertiary/aromatic N) is 1. The van der Waals surface area contributed by atoms with E-state index in [0.29, 0.717) is 44.8 Å². The maximum atomic E-state index is 14.8. The summed E-state index contributed by atoms with van der Waals surface area (Å²) in [6.07, 6.45) is 13.5. The molecule has 1 N–H and O–H groups in total. The number of hydrogen-bond donors (Lipinski definition) is 1. The second-order valence-corrected chi connectivity index (χ2v) is 23.3.